The van der Waals surface area contributed by atoms with Crippen LogP contribution in [-0.2, 0) is 11.3 Å². The minimum atomic E-state index is -2.95. The standard InChI is InChI=1S/C19H24F2N2O4.ClH/c1-23(18(24)6-11-4-13-2-3-14(5-11)22-13)9-12-7-16-17(26-10-25-16)8-15(12)27-19(20)21;/h7-8,11,13-14,19,22H,2-6,9-10H2,1H3;1H. The first-order chi connectivity index (χ1) is 13.0. The Kier molecular flexibility index (Phi) is 6.50. The Morgan fingerprint density at radius 3 is 2.54 bits per heavy atom. The molecule has 3 heterocycles. The van der Waals surface area contributed by atoms with Gasteiger partial charge in [-0.1, -0.05) is 0 Å². The average Bonchev–Trinajstić information content (AvgIpc) is 3.20. The first-order valence-electron chi connectivity index (χ1n) is 9.35. The number of carbonyl (C=O) groups is 1. The number of nitrogens with zero attached hydrogens (tertiary/aromatic N) is 1. The normalized spacial score (nSPS) is 24.8. The van der Waals surface area contributed by atoms with E-state index in [4.69, 9.17) is 9.47 Å². The Hall–Kier alpha value is -1.80. The average molecular weight is 419 g/mol. The van der Waals surface area contributed by atoms with Gasteiger partial charge in [0.25, 0.3) is 0 Å². The number of benzene rings is 1. The molecular weight excluding hydrogens is 394 g/mol. The van der Waals surface area contributed by atoms with Crippen molar-refractivity contribution in [3.8, 4) is 17.2 Å². The maximum Gasteiger partial charge on any atom is 0.387 e. The molecule has 156 valence electrons. The van der Waals surface area contributed by atoms with Crippen molar-refractivity contribution in [2.75, 3.05) is 13.8 Å². The van der Waals surface area contributed by atoms with Gasteiger partial charge in [-0.05, 0) is 37.7 Å². The van der Waals surface area contributed by atoms with Crippen LogP contribution in [0.5, 0.6) is 17.2 Å². The molecule has 1 amide bonds. The lowest BCUT2D eigenvalue weighted by molar-refractivity contribution is -0.131. The van der Waals surface area contributed by atoms with Gasteiger partial charge in [-0.2, -0.15) is 8.78 Å². The second-order valence-corrected chi connectivity index (χ2v) is 7.62. The number of carbonyl (C=O) groups excluding carboxylic acids is 1. The molecule has 0 aliphatic carbocycles. The van der Waals surface area contributed by atoms with Crippen molar-refractivity contribution in [1.82, 2.24) is 10.2 Å². The zero-order valence-electron chi connectivity index (χ0n) is 15.7. The Bertz CT molecular complexity index is 709. The smallest absolute Gasteiger partial charge is 0.387 e. The third-order valence-electron chi connectivity index (χ3n) is 5.64. The molecular formula is C19H25ClF2N2O4. The molecule has 1 aromatic rings. The van der Waals surface area contributed by atoms with Crippen LogP contribution in [0.1, 0.15) is 37.7 Å². The van der Waals surface area contributed by atoms with Gasteiger partial charge in [0.1, 0.15) is 5.75 Å². The molecule has 0 radical (unpaired) electrons. The van der Waals surface area contributed by atoms with E-state index in [0.717, 1.165) is 12.8 Å². The summed E-state index contributed by atoms with van der Waals surface area (Å²) in [6.45, 7) is -2.73. The molecule has 6 nitrogen and oxygen atoms in total. The number of alkyl halides is 2. The zero-order chi connectivity index (χ0) is 19.0. The minimum absolute atomic E-state index is 0. The summed E-state index contributed by atoms with van der Waals surface area (Å²) in [7, 11) is 1.69. The second-order valence-electron chi connectivity index (χ2n) is 7.62. The van der Waals surface area contributed by atoms with E-state index in [2.05, 4.69) is 10.1 Å². The number of fused-ring (bicyclic) bond motifs is 3. The number of hydrogen-bond donors (Lipinski definition) is 1. The summed E-state index contributed by atoms with van der Waals surface area (Å²) in [5.74, 6) is 1.25. The van der Waals surface area contributed by atoms with Crippen LogP contribution < -0.4 is 19.5 Å². The van der Waals surface area contributed by atoms with Crippen LogP contribution in [0.2, 0.25) is 0 Å². The molecule has 4 rings (SSSR count). The summed E-state index contributed by atoms with van der Waals surface area (Å²) >= 11 is 0. The van der Waals surface area contributed by atoms with Gasteiger partial charge in [0.2, 0.25) is 12.7 Å². The van der Waals surface area contributed by atoms with Gasteiger partial charge in [0, 0.05) is 43.7 Å². The molecule has 2 fully saturated rings. The predicted molar refractivity (Wildman–Crippen MR) is 100 cm³/mol. The van der Waals surface area contributed by atoms with Gasteiger partial charge in [-0.25, -0.2) is 0 Å². The molecule has 1 N–H and O–H groups in total. The number of halogens is 3. The van der Waals surface area contributed by atoms with E-state index in [1.165, 1.54) is 18.9 Å². The molecule has 0 spiro atoms. The largest absolute Gasteiger partial charge is 0.454 e. The zero-order valence-corrected chi connectivity index (χ0v) is 16.5. The van der Waals surface area contributed by atoms with Gasteiger partial charge in [0.05, 0.1) is 0 Å². The summed E-state index contributed by atoms with van der Waals surface area (Å²) in [6, 6.07) is 4.07. The lowest BCUT2D eigenvalue weighted by atomic mass is 9.89. The van der Waals surface area contributed by atoms with E-state index >= 15 is 0 Å². The molecule has 3 aliphatic rings. The van der Waals surface area contributed by atoms with E-state index in [-0.39, 0.29) is 37.4 Å². The SMILES string of the molecule is CN(Cc1cc2c(cc1OC(F)F)OCO2)C(=O)CC1CC2CCC(C1)N2.Cl. The van der Waals surface area contributed by atoms with Crippen molar-refractivity contribution >= 4 is 18.3 Å². The molecule has 2 bridgehead atoms. The molecule has 3 aliphatic heterocycles. The highest BCUT2D eigenvalue weighted by molar-refractivity contribution is 5.85. The fourth-order valence-electron chi connectivity index (χ4n) is 4.38. The third kappa shape index (κ3) is 4.60. The Balaban J connectivity index is 0.00000225. The van der Waals surface area contributed by atoms with Gasteiger partial charge >= 0.3 is 6.61 Å². The Morgan fingerprint density at radius 1 is 1.25 bits per heavy atom. The lowest BCUT2D eigenvalue weighted by Gasteiger charge is -2.30. The Labute approximate surface area is 168 Å². The quantitative estimate of drug-likeness (QED) is 0.768. The minimum Gasteiger partial charge on any atom is -0.454 e. The molecule has 9 heteroatoms. The predicted octanol–water partition coefficient (Wildman–Crippen LogP) is 3.32. The summed E-state index contributed by atoms with van der Waals surface area (Å²) < 4.78 is 40.7. The van der Waals surface area contributed by atoms with Crippen LogP contribution in [0.4, 0.5) is 8.78 Å². The highest BCUT2D eigenvalue weighted by atomic mass is 35.5. The van der Waals surface area contributed by atoms with Gasteiger partial charge < -0.3 is 24.4 Å². The molecule has 28 heavy (non-hydrogen) atoms. The first-order valence-corrected chi connectivity index (χ1v) is 9.35. The lowest BCUT2D eigenvalue weighted by Crippen LogP contribution is -2.39. The molecule has 2 unspecified atom stereocenters. The van der Waals surface area contributed by atoms with Gasteiger partial charge in [-0.3, -0.25) is 4.79 Å². The monoisotopic (exact) mass is 418 g/mol. The Morgan fingerprint density at radius 2 is 1.89 bits per heavy atom. The van der Waals surface area contributed by atoms with Crippen LogP contribution >= 0.6 is 12.4 Å². The van der Waals surface area contributed by atoms with Crippen molar-refractivity contribution in [1.29, 1.82) is 0 Å². The fourth-order valence-corrected chi connectivity index (χ4v) is 4.38. The van der Waals surface area contributed by atoms with Crippen molar-refractivity contribution < 1.29 is 27.8 Å². The topological polar surface area (TPSA) is 60.0 Å². The van der Waals surface area contributed by atoms with Crippen molar-refractivity contribution in [3.63, 3.8) is 0 Å². The molecule has 1 aromatic carbocycles. The fraction of sp³-hybridized carbons (Fsp3) is 0.632. The second kappa shape index (κ2) is 8.69. The summed E-state index contributed by atoms with van der Waals surface area (Å²) in [4.78, 5) is 14.2. The van der Waals surface area contributed by atoms with E-state index < -0.39 is 6.61 Å². The molecule has 0 aromatic heterocycles. The van der Waals surface area contributed by atoms with Gasteiger partial charge in [-0.15, -0.1) is 12.4 Å². The first kappa shape index (κ1) is 20.9. The molecule has 0 saturated carbocycles. The molecule has 2 saturated heterocycles. The number of nitrogens with one attached hydrogen (secondary N) is 1. The van der Waals surface area contributed by atoms with Gasteiger partial charge in [0.15, 0.2) is 11.5 Å². The van der Waals surface area contributed by atoms with Crippen molar-refractivity contribution in [2.24, 2.45) is 5.92 Å². The van der Waals surface area contributed by atoms with Crippen LogP contribution in [0.15, 0.2) is 12.1 Å². The number of rotatable bonds is 6. The van der Waals surface area contributed by atoms with E-state index in [9.17, 15) is 13.6 Å². The highest BCUT2D eigenvalue weighted by Gasteiger charge is 2.34. The molecule has 2 atom stereocenters. The number of hydrogen-bond acceptors (Lipinski definition) is 5. The number of amides is 1. The third-order valence-corrected chi connectivity index (χ3v) is 5.64. The summed E-state index contributed by atoms with van der Waals surface area (Å²) in [6.07, 6.45) is 4.92. The number of ether oxygens (including phenoxy) is 3. The van der Waals surface area contributed by atoms with Crippen molar-refractivity contribution in [3.05, 3.63) is 17.7 Å². The number of piperidine rings is 1. The van der Waals surface area contributed by atoms with E-state index in [0.29, 0.717) is 41.5 Å². The van der Waals surface area contributed by atoms with E-state index in [1.807, 2.05) is 0 Å². The van der Waals surface area contributed by atoms with Crippen LogP contribution in [-0.4, -0.2) is 43.3 Å². The maximum absolute atomic E-state index is 12.8. The summed E-state index contributed by atoms with van der Waals surface area (Å²) in [5, 5.41) is 3.57. The van der Waals surface area contributed by atoms with Crippen molar-refractivity contribution in [2.45, 2.75) is 57.3 Å². The summed E-state index contributed by atoms with van der Waals surface area (Å²) in [5.41, 5.74) is 0.473. The van der Waals surface area contributed by atoms with E-state index in [1.54, 1.807) is 18.0 Å². The van der Waals surface area contributed by atoms with Crippen LogP contribution in [0.3, 0.4) is 0 Å². The highest BCUT2D eigenvalue weighted by Crippen LogP contribution is 2.39. The maximum atomic E-state index is 12.8. The van der Waals surface area contributed by atoms with Crippen LogP contribution in [0, 0.1) is 5.92 Å². The van der Waals surface area contributed by atoms with Crippen LogP contribution in [0.25, 0.3) is 0 Å².